The van der Waals surface area contributed by atoms with E-state index in [1.54, 1.807) is 0 Å². The first-order valence-electron chi connectivity index (χ1n) is 3.22. The van der Waals surface area contributed by atoms with Crippen LogP contribution in [-0.4, -0.2) is 24.6 Å². The molecule has 0 aliphatic rings. The molecule has 3 heteroatoms. The monoisotopic (exact) mass is 130 g/mol. The van der Waals surface area contributed by atoms with Crippen molar-refractivity contribution in [2.75, 3.05) is 13.2 Å². The molecule has 0 spiro atoms. The van der Waals surface area contributed by atoms with Crippen molar-refractivity contribution in [3.63, 3.8) is 0 Å². The summed E-state index contributed by atoms with van der Waals surface area (Å²) in [5.41, 5.74) is 5.00. The van der Waals surface area contributed by atoms with E-state index in [1.807, 2.05) is 0 Å². The molecule has 0 amide bonds. The van der Waals surface area contributed by atoms with Gasteiger partial charge in [-0.2, -0.15) is 0 Å². The highest BCUT2D eigenvalue weighted by Gasteiger charge is 1.83. The molecule has 3 nitrogen and oxygen atoms in total. The maximum Gasteiger partial charge on any atom is 0.0797 e. The van der Waals surface area contributed by atoms with E-state index in [0.29, 0.717) is 0 Å². The average molecular weight is 130 g/mol. The predicted octanol–water partition coefficient (Wildman–Crippen LogP) is 0.136. The van der Waals surface area contributed by atoms with Crippen molar-refractivity contribution < 1.29 is 5.11 Å². The Balaban J connectivity index is 2.75. The third-order valence-corrected chi connectivity index (χ3v) is 1.05. The lowest BCUT2D eigenvalue weighted by Crippen LogP contribution is -1.91. The van der Waals surface area contributed by atoms with E-state index >= 15 is 0 Å². The average Bonchev–Trinajstić information content (AvgIpc) is 1.89. The summed E-state index contributed by atoms with van der Waals surface area (Å²) < 4.78 is 0. The Morgan fingerprint density at radius 2 is 2.11 bits per heavy atom. The van der Waals surface area contributed by atoms with E-state index < -0.39 is 0 Å². The summed E-state index contributed by atoms with van der Waals surface area (Å²) in [6, 6.07) is 0. The molecule has 0 saturated heterocycles. The molecule has 0 radical (unpaired) electrons. The number of nitrogens with zero attached hydrogens (tertiary/aromatic N) is 1. The number of aliphatic imine (C=N–C) groups is 1. The van der Waals surface area contributed by atoms with Gasteiger partial charge in [0.15, 0.2) is 0 Å². The van der Waals surface area contributed by atoms with Crippen molar-refractivity contribution in [3.05, 3.63) is 0 Å². The Labute approximate surface area is 55.6 Å². The molecule has 0 fully saturated rings. The molecule has 0 aromatic heterocycles. The molecule has 3 N–H and O–H groups in total. The van der Waals surface area contributed by atoms with Gasteiger partial charge < -0.3 is 10.8 Å². The molecule has 54 valence electrons. The summed E-state index contributed by atoms with van der Waals surface area (Å²) in [6.07, 6.45) is 4.25. The number of hydrogen-bond acceptors (Lipinski definition) is 2. The second-order valence-electron chi connectivity index (χ2n) is 1.84. The highest BCUT2D eigenvalue weighted by molar-refractivity contribution is 5.50. The Morgan fingerprint density at radius 1 is 1.33 bits per heavy atom. The van der Waals surface area contributed by atoms with Gasteiger partial charge in [-0.15, -0.1) is 0 Å². The summed E-state index contributed by atoms with van der Waals surface area (Å²) in [5, 5.41) is 8.36. The maximum atomic E-state index is 8.36. The lowest BCUT2D eigenvalue weighted by atomic mass is 10.2. The summed E-state index contributed by atoms with van der Waals surface area (Å²) in [7, 11) is 0. The fraction of sp³-hybridized carbons (Fsp3) is 0.833. The van der Waals surface area contributed by atoms with Crippen LogP contribution in [0, 0.1) is 0 Å². The van der Waals surface area contributed by atoms with Crippen molar-refractivity contribution in [2.24, 2.45) is 10.7 Å². The lowest BCUT2D eigenvalue weighted by molar-refractivity contribution is 0.283. The van der Waals surface area contributed by atoms with Gasteiger partial charge in [0.2, 0.25) is 0 Å². The van der Waals surface area contributed by atoms with Gasteiger partial charge in [0, 0.05) is 13.2 Å². The number of rotatable bonds is 5. The van der Waals surface area contributed by atoms with Gasteiger partial charge in [-0.1, -0.05) is 0 Å². The lowest BCUT2D eigenvalue weighted by Gasteiger charge is -1.92. The zero-order valence-electron chi connectivity index (χ0n) is 5.58. The highest BCUT2D eigenvalue weighted by Crippen LogP contribution is 1.92. The van der Waals surface area contributed by atoms with Gasteiger partial charge in [-0.05, 0) is 19.3 Å². The zero-order valence-corrected chi connectivity index (χ0v) is 5.58. The van der Waals surface area contributed by atoms with Crippen molar-refractivity contribution in [2.45, 2.75) is 19.3 Å². The fourth-order valence-corrected chi connectivity index (χ4v) is 0.566. The van der Waals surface area contributed by atoms with Gasteiger partial charge in [-0.25, -0.2) is 0 Å². The van der Waals surface area contributed by atoms with Crippen LogP contribution < -0.4 is 5.73 Å². The van der Waals surface area contributed by atoms with Crippen LogP contribution in [0.25, 0.3) is 0 Å². The van der Waals surface area contributed by atoms with Crippen molar-refractivity contribution >= 4 is 6.34 Å². The van der Waals surface area contributed by atoms with Crippen molar-refractivity contribution in [3.8, 4) is 0 Å². The van der Waals surface area contributed by atoms with Gasteiger partial charge >= 0.3 is 0 Å². The third-order valence-electron chi connectivity index (χ3n) is 1.05. The zero-order chi connectivity index (χ0) is 6.95. The standard InChI is InChI=1S/C6H14N2O/c7-6-8-4-2-1-3-5-9/h6,9H,1-5H2,(H2,7,8). The Hall–Kier alpha value is -0.570. The molecule has 0 aliphatic heterocycles. The second kappa shape index (κ2) is 7.43. The van der Waals surface area contributed by atoms with Crippen molar-refractivity contribution in [1.82, 2.24) is 0 Å². The first-order valence-corrected chi connectivity index (χ1v) is 3.22. The van der Waals surface area contributed by atoms with E-state index in [9.17, 15) is 0 Å². The second-order valence-corrected chi connectivity index (χ2v) is 1.84. The maximum absolute atomic E-state index is 8.36. The number of aliphatic hydroxyl groups is 1. The fourth-order valence-electron chi connectivity index (χ4n) is 0.566. The van der Waals surface area contributed by atoms with E-state index in [4.69, 9.17) is 10.8 Å². The van der Waals surface area contributed by atoms with Crippen LogP contribution in [0.1, 0.15) is 19.3 Å². The van der Waals surface area contributed by atoms with Gasteiger partial charge in [0.1, 0.15) is 0 Å². The summed E-state index contributed by atoms with van der Waals surface area (Å²) in [6.45, 7) is 1.07. The minimum Gasteiger partial charge on any atom is -0.396 e. The largest absolute Gasteiger partial charge is 0.396 e. The molecule has 0 rings (SSSR count). The molecular weight excluding hydrogens is 116 g/mol. The van der Waals surface area contributed by atoms with Gasteiger partial charge in [-0.3, -0.25) is 4.99 Å². The van der Waals surface area contributed by atoms with E-state index in [2.05, 4.69) is 4.99 Å². The highest BCUT2D eigenvalue weighted by atomic mass is 16.2. The van der Waals surface area contributed by atoms with Gasteiger partial charge in [0.05, 0.1) is 6.34 Å². The quantitative estimate of drug-likeness (QED) is 0.316. The normalized spacial score (nSPS) is 10.8. The number of unbranched alkanes of at least 4 members (excludes halogenated alkanes) is 2. The van der Waals surface area contributed by atoms with Gasteiger partial charge in [0.25, 0.3) is 0 Å². The van der Waals surface area contributed by atoms with Crippen LogP contribution in [0.5, 0.6) is 0 Å². The molecule has 0 aromatic carbocycles. The molecular formula is C6H14N2O. The van der Waals surface area contributed by atoms with Crippen LogP contribution in [0.2, 0.25) is 0 Å². The molecule has 0 atom stereocenters. The molecule has 0 heterocycles. The molecule has 0 bridgehead atoms. The summed E-state index contributed by atoms with van der Waals surface area (Å²) in [4.78, 5) is 3.81. The molecule has 0 aromatic rings. The Bertz CT molecular complexity index is 73.5. The number of nitrogens with two attached hydrogens (primary N) is 1. The number of hydrogen-bond donors (Lipinski definition) is 2. The van der Waals surface area contributed by atoms with Crippen LogP contribution in [0.15, 0.2) is 4.99 Å². The van der Waals surface area contributed by atoms with Crippen molar-refractivity contribution in [1.29, 1.82) is 0 Å². The summed E-state index contributed by atoms with van der Waals surface area (Å²) in [5.74, 6) is 0. The van der Waals surface area contributed by atoms with Crippen LogP contribution >= 0.6 is 0 Å². The van der Waals surface area contributed by atoms with Crippen LogP contribution in [-0.2, 0) is 0 Å². The van der Waals surface area contributed by atoms with Crippen LogP contribution in [0.4, 0.5) is 0 Å². The molecule has 0 unspecified atom stereocenters. The molecule has 0 aliphatic carbocycles. The Morgan fingerprint density at radius 3 is 2.67 bits per heavy atom. The van der Waals surface area contributed by atoms with E-state index in [-0.39, 0.29) is 6.61 Å². The van der Waals surface area contributed by atoms with E-state index in [0.717, 1.165) is 25.8 Å². The van der Waals surface area contributed by atoms with Crippen LogP contribution in [0.3, 0.4) is 0 Å². The third kappa shape index (κ3) is 7.43. The molecule has 9 heavy (non-hydrogen) atoms. The Kier molecular flexibility index (Phi) is 6.96. The van der Waals surface area contributed by atoms with E-state index in [1.165, 1.54) is 6.34 Å². The topological polar surface area (TPSA) is 58.6 Å². The minimum absolute atomic E-state index is 0.284. The SMILES string of the molecule is NC=NCCCCCO. The number of aliphatic hydroxyl groups excluding tert-OH is 1. The first-order chi connectivity index (χ1) is 4.41. The first kappa shape index (κ1) is 8.43. The summed E-state index contributed by atoms with van der Waals surface area (Å²) >= 11 is 0. The predicted molar refractivity (Wildman–Crippen MR) is 38.5 cm³/mol. The molecule has 0 saturated carbocycles. The smallest absolute Gasteiger partial charge is 0.0797 e. The minimum atomic E-state index is 0.284.